The molecule has 2 rings (SSSR count). The molecule has 0 aromatic heterocycles. The first-order valence-corrected chi connectivity index (χ1v) is 7.64. The van der Waals surface area contributed by atoms with Crippen LogP contribution in [0.15, 0.2) is 46.2 Å². The Morgan fingerprint density at radius 2 is 2.14 bits per heavy atom. The third-order valence-electron chi connectivity index (χ3n) is 3.54. The summed E-state index contributed by atoms with van der Waals surface area (Å²) in [5.74, 6) is -0.133. The molecule has 6 heteroatoms. The van der Waals surface area contributed by atoms with Crippen LogP contribution in [0.2, 0.25) is 10.0 Å². The summed E-state index contributed by atoms with van der Waals surface area (Å²) in [7, 11) is 0. The fraction of sp³-hybridized carbons (Fsp3) is 0.250. The molecule has 1 aromatic carbocycles. The molecular formula is C16H16Cl2N4. The van der Waals surface area contributed by atoms with E-state index in [2.05, 4.69) is 11.1 Å². The first-order chi connectivity index (χ1) is 10.5. The van der Waals surface area contributed by atoms with Crippen LogP contribution in [0.3, 0.4) is 0 Å². The Hall–Kier alpha value is -1.96. The largest absolute Gasteiger partial charge is 0.404 e. The fourth-order valence-electron chi connectivity index (χ4n) is 2.54. The highest BCUT2D eigenvalue weighted by molar-refractivity contribution is 6.42. The first-order valence-electron chi connectivity index (χ1n) is 6.88. The van der Waals surface area contributed by atoms with Crippen molar-refractivity contribution < 1.29 is 0 Å². The maximum Gasteiger partial charge on any atom is 0.129 e. The van der Waals surface area contributed by atoms with Crippen LogP contribution in [0.5, 0.6) is 0 Å². The number of nitriles is 1. The normalized spacial score (nSPS) is 20.0. The van der Waals surface area contributed by atoms with Crippen molar-refractivity contribution in [1.29, 1.82) is 5.26 Å². The van der Waals surface area contributed by atoms with E-state index in [9.17, 15) is 5.26 Å². The zero-order chi connectivity index (χ0) is 16.3. The zero-order valence-corrected chi connectivity index (χ0v) is 13.6. The molecule has 1 aliphatic rings. The summed E-state index contributed by atoms with van der Waals surface area (Å²) in [5, 5.41) is 10.4. The number of aliphatic imine (C=N–C) groups is 1. The maximum absolute atomic E-state index is 9.62. The third kappa shape index (κ3) is 2.83. The van der Waals surface area contributed by atoms with Crippen molar-refractivity contribution >= 4 is 29.0 Å². The number of nitrogens with two attached hydrogens (primary N) is 2. The topological polar surface area (TPSA) is 88.2 Å². The third-order valence-corrected chi connectivity index (χ3v) is 4.37. The minimum absolute atomic E-state index is 0.311. The van der Waals surface area contributed by atoms with E-state index in [4.69, 9.17) is 34.7 Å². The minimum Gasteiger partial charge on any atom is -0.404 e. The number of hydrogen-bond acceptors (Lipinski definition) is 4. The van der Waals surface area contributed by atoms with E-state index >= 15 is 0 Å². The molecule has 114 valence electrons. The van der Waals surface area contributed by atoms with E-state index in [1.807, 2.05) is 13.0 Å². The average Bonchev–Trinajstić information content (AvgIpc) is 2.50. The van der Waals surface area contributed by atoms with Crippen LogP contribution in [-0.2, 0) is 0 Å². The second-order valence-electron chi connectivity index (χ2n) is 4.92. The molecule has 1 unspecified atom stereocenters. The summed E-state index contributed by atoms with van der Waals surface area (Å²) in [6, 6.07) is 7.54. The van der Waals surface area contributed by atoms with Crippen LogP contribution in [0.25, 0.3) is 0 Å². The van der Waals surface area contributed by atoms with Crippen LogP contribution in [0.1, 0.15) is 31.2 Å². The van der Waals surface area contributed by atoms with Crippen LogP contribution in [0.4, 0.5) is 0 Å². The standard InChI is InChI=1S/C16H16Cl2N4/c1-2-4-13-10(7-19)14(11(8-20)16(21)22-13)9-5-3-6-12(17)15(9)18/h3,5-6,8,14H,2,4,20H2,1H3,(H2,21,22)/b11-8-. The van der Waals surface area contributed by atoms with Crippen molar-refractivity contribution in [3.05, 3.63) is 56.9 Å². The van der Waals surface area contributed by atoms with Gasteiger partial charge in [-0.05, 0) is 18.1 Å². The molecule has 1 aromatic rings. The van der Waals surface area contributed by atoms with Gasteiger partial charge in [-0.15, -0.1) is 0 Å². The number of benzene rings is 1. The van der Waals surface area contributed by atoms with Crippen LogP contribution >= 0.6 is 23.2 Å². The molecule has 22 heavy (non-hydrogen) atoms. The smallest absolute Gasteiger partial charge is 0.129 e. The Bertz CT molecular complexity index is 726. The van der Waals surface area contributed by atoms with Crippen LogP contribution in [-0.4, -0.2) is 5.84 Å². The zero-order valence-electron chi connectivity index (χ0n) is 12.1. The highest BCUT2D eigenvalue weighted by Gasteiger charge is 2.32. The summed E-state index contributed by atoms with van der Waals surface area (Å²) in [4.78, 5) is 4.33. The minimum atomic E-state index is -0.444. The summed E-state index contributed by atoms with van der Waals surface area (Å²) in [5.41, 5.74) is 14.2. The Morgan fingerprint density at radius 3 is 2.73 bits per heavy atom. The molecule has 1 atom stereocenters. The molecule has 0 aliphatic carbocycles. The Kier molecular flexibility index (Phi) is 5.12. The van der Waals surface area contributed by atoms with Gasteiger partial charge in [0.1, 0.15) is 5.84 Å². The van der Waals surface area contributed by atoms with Gasteiger partial charge in [-0.1, -0.05) is 48.7 Å². The summed E-state index contributed by atoms with van der Waals surface area (Å²) < 4.78 is 0. The Labute approximate surface area is 139 Å². The van der Waals surface area contributed by atoms with Gasteiger partial charge in [-0.3, -0.25) is 0 Å². The van der Waals surface area contributed by atoms with E-state index in [1.54, 1.807) is 12.1 Å². The average molecular weight is 335 g/mol. The summed E-state index contributed by atoms with van der Waals surface area (Å²) >= 11 is 12.4. The van der Waals surface area contributed by atoms with Gasteiger partial charge in [-0.25, -0.2) is 4.99 Å². The monoisotopic (exact) mass is 334 g/mol. The fourth-order valence-corrected chi connectivity index (χ4v) is 2.96. The highest BCUT2D eigenvalue weighted by Crippen LogP contribution is 2.42. The predicted molar refractivity (Wildman–Crippen MR) is 90.6 cm³/mol. The van der Waals surface area contributed by atoms with Gasteiger partial charge in [0.05, 0.1) is 33.3 Å². The van der Waals surface area contributed by atoms with Gasteiger partial charge in [0.2, 0.25) is 0 Å². The Balaban J connectivity index is 2.71. The van der Waals surface area contributed by atoms with Gasteiger partial charge in [0.15, 0.2) is 0 Å². The molecule has 0 amide bonds. The molecule has 0 fully saturated rings. The van der Waals surface area contributed by atoms with Gasteiger partial charge in [0.25, 0.3) is 0 Å². The predicted octanol–water partition coefficient (Wildman–Crippen LogP) is 3.87. The van der Waals surface area contributed by atoms with E-state index < -0.39 is 5.92 Å². The lowest BCUT2D eigenvalue weighted by atomic mass is 9.81. The number of allylic oxidation sites excluding steroid dienone is 2. The molecule has 4 nitrogen and oxygen atoms in total. The lowest BCUT2D eigenvalue weighted by molar-refractivity contribution is 0.836. The number of amidine groups is 1. The SMILES string of the molecule is CCCC1=C(C#N)C(c2cccc(Cl)c2Cl)/C(=C/N)C(N)=N1. The van der Waals surface area contributed by atoms with Crippen molar-refractivity contribution in [3.8, 4) is 6.07 Å². The molecule has 4 N–H and O–H groups in total. The lowest BCUT2D eigenvalue weighted by Crippen LogP contribution is -2.27. The van der Waals surface area contributed by atoms with Crippen molar-refractivity contribution in [3.63, 3.8) is 0 Å². The van der Waals surface area contributed by atoms with Gasteiger partial charge < -0.3 is 11.5 Å². The Morgan fingerprint density at radius 1 is 1.41 bits per heavy atom. The quantitative estimate of drug-likeness (QED) is 0.879. The maximum atomic E-state index is 9.62. The number of nitrogens with zero attached hydrogens (tertiary/aromatic N) is 2. The van der Waals surface area contributed by atoms with Crippen LogP contribution < -0.4 is 11.5 Å². The van der Waals surface area contributed by atoms with E-state index in [0.717, 1.165) is 6.42 Å². The number of rotatable bonds is 3. The summed E-state index contributed by atoms with van der Waals surface area (Å²) in [6.07, 6.45) is 2.89. The lowest BCUT2D eigenvalue weighted by Gasteiger charge is -2.26. The van der Waals surface area contributed by atoms with Crippen molar-refractivity contribution in [1.82, 2.24) is 0 Å². The highest BCUT2D eigenvalue weighted by atomic mass is 35.5. The molecule has 0 spiro atoms. The van der Waals surface area contributed by atoms with Crippen molar-refractivity contribution in [2.45, 2.75) is 25.7 Å². The molecule has 1 heterocycles. The van der Waals surface area contributed by atoms with Gasteiger partial charge in [-0.2, -0.15) is 5.26 Å². The van der Waals surface area contributed by atoms with E-state index in [-0.39, 0.29) is 0 Å². The molecule has 1 aliphatic heterocycles. The molecular weight excluding hydrogens is 319 g/mol. The molecule has 0 saturated carbocycles. The van der Waals surface area contributed by atoms with E-state index in [1.165, 1.54) is 6.20 Å². The second-order valence-corrected chi connectivity index (χ2v) is 5.70. The second kappa shape index (κ2) is 6.87. The first kappa shape index (κ1) is 16.4. The van der Waals surface area contributed by atoms with Crippen molar-refractivity contribution in [2.24, 2.45) is 16.5 Å². The molecule has 0 saturated heterocycles. The van der Waals surface area contributed by atoms with Crippen molar-refractivity contribution in [2.75, 3.05) is 0 Å². The molecule has 0 radical (unpaired) electrons. The summed E-state index contributed by atoms with van der Waals surface area (Å²) in [6.45, 7) is 2.02. The van der Waals surface area contributed by atoms with Crippen LogP contribution in [0, 0.1) is 11.3 Å². The van der Waals surface area contributed by atoms with Gasteiger partial charge in [0, 0.05) is 11.8 Å². The molecule has 0 bridgehead atoms. The number of hydrogen-bond donors (Lipinski definition) is 2. The van der Waals surface area contributed by atoms with E-state index in [0.29, 0.717) is 44.7 Å². The number of halogens is 2. The van der Waals surface area contributed by atoms with Gasteiger partial charge >= 0.3 is 0 Å².